The summed E-state index contributed by atoms with van der Waals surface area (Å²) >= 11 is 0. The Labute approximate surface area is 146 Å². The Hall–Kier alpha value is -2.89. The lowest BCUT2D eigenvalue weighted by molar-refractivity contribution is 0.0945. The zero-order chi connectivity index (χ0) is 17.8. The fraction of sp³-hybridized carbons (Fsp3) is 0.316. The zero-order valence-electron chi connectivity index (χ0n) is 14.7. The van der Waals surface area contributed by atoms with Crippen molar-refractivity contribution in [2.45, 2.75) is 33.7 Å². The molecule has 2 aromatic heterocycles. The minimum absolute atomic E-state index is 0.232. The summed E-state index contributed by atoms with van der Waals surface area (Å²) in [4.78, 5) is 12.3. The Morgan fingerprint density at radius 1 is 1.24 bits per heavy atom. The lowest BCUT2D eigenvalue weighted by Gasteiger charge is -2.04. The van der Waals surface area contributed by atoms with Crippen molar-refractivity contribution in [3.8, 4) is 11.3 Å². The topological polar surface area (TPSA) is 73.0 Å². The third kappa shape index (κ3) is 3.63. The first-order chi connectivity index (χ1) is 12.1. The maximum absolute atomic E-state index is 12.3. The molecule has 3 rings (SSSR count). The van der Waals surface area contributed by atoms with E-state index < -0.39 is 0 Å². The molecular weight excluding hydrogens is 316 g/mol. The van der Waals surface area contributed by atoms with Gasteiger partial charge in [-0.25, -0.2) is 0 Å². The van der Waals surface area contributed by atoms with E-state index in [1.54, 1.807) is 6.07 Å². The number of hydrogen-bond acceptors (Lipinski definition) is 4. The van der Waals surface area contributed by atoms with Gasteiger partial charge in [-0.15, -0.1) is 0 Å². The van der Waals surface area contributed by atoms with E-state index in [0.717, 1.165) is 29.9 Å². The Kier molecular flexibility index (Phi) is 4.97. The van der Waals surface area contributed by atoms with Gasteiger partial charge in [-0.2, -0.15) is 5.10 Å². The molecule has 0 aliphatic heterocycles. The van der Waals surface area contributed by atoms with Crippen LogP contribution < -0.4 is 5.32 Å². The van der Waals surface area contributed by atoms with Gasteiger partial charge in [0.25, 0.3) is 5.91 Å². The van der Waals surface area contributed by atoms with Crippen LogP contribution in [0.3, 0.4) is 0 Å². The molecular formula is C19H22N4O2. The van der Waals surface area contributed by atoms with E-state index in [4.69, 9.17) is 4.52 Å². The van der Waals surface area contributed by atoms with E-state index in [2.05, 4.69) is 29.4 Å². The fourth-order valence-electron chi connectivity index (χ4n) is 2.92. The van der Waals surface area contributed by atoms with E-state index in [-0.39, 0.29) is 11.6 Å². The zero-order valence-corrected chi connectivity index (χ0v) is 14.7. The van der Waals surface area contributed by atoms with Gasteiger partial charge in [0, 0.05) is 30.4 Å². The van der Waals surface area contributed by atoms with Gasteiger partial charge in [0.1, 0.15) is 0 Å². The van der Waals surface area contributed by atoms with Crippen LogP contribution >= 0.6 is 0 Å². The lowest BCUT2D eigenvalue weighted by atomic mass is 10.1. The third-order valence-electron chi connectivity index (χ3n) is 4.29. The van der Waals surface area contributed by atoms with Crippen molar-refractivity contribution in [2.75, 3.05) is 6.54 Å². The van der Waals surface area contributed by atoms with Crippen molar-refractivity contribution < 1.29 is 9.32 Å². The van der Waals surface area contributed by atoms with Crippen LogP contribution in [0.5, 0.6) is 0 Å². The van der Waals surface area contributed by atoms with Gasteiger partial charge in [0.2, 0.25) is 0 Å². The van der Waals surface area contributed by atoms with Crippen LogP contribution in [0.25, 0.3) is 11.3 Å². The number of nitrogens with zero attached hydrogens (tertiary/aromatic N) is 3. The molecule has 6 heteroatoms. The van der Waals surface area contributed by atoms with Crippen LogP contribution in [0.1, 0.15) is 34.4 Å². The first-order valence-electron chi connectivity index (χ1n) is 8.43. The van der Waals surface area contributed by atoms with E-state index in [1.807, 2.05) is 41.9 Å². The van der Waals surface area contributed by atoms with Crippen molar-refractivity contribution in [3.05, 3.63) is 59.0 Å². The fourth-order valence-corrected chi connectivity index (χ4v) is 2.92. The average Bonchev–Trinajstić information content (AvgIpc) is 3.22. The number of aryl methyl sites for hydroxylation is 2. The Morgan fingerprint density at radius 2 is 2.00 bits per heavy atom. The molecule has 0 aliphatic carbocycles. The normalized spacial score (nSPS) is 10.8. The molecule has 2 heterocycles. The van der Waals surface area contributed by atoms with Gasteiger partial charge >= 0.3 is 0 Å². The summed E-state index contributed by atoms with van der Waals surface area (Å²) in [6.45, 7) is 7.51. The predicted octanol–water partition coefficient (Wildman–Crippen LogP) is 3.15. The van der Waals surface area contributed by atoms with Gasteiger partial charge in [-0.1, -0.05) is 35.5 Å². The highest BCUT2D eigenvalue weighted by atomic mass is 16.5. The molecule has 1 amide bonds. The first-order valence-corrected chi connectivity index (χ1v) is 8.43. The summed E-state index contributed by atoms with van der Waals surface area (Å²) in [5.41, 5.74) is 4.54. The minimum atomic E-state index is -0.232. The smallest absolute Gasteiger partial charge is 0.273 e. The van der Waals surface area contributed by atoms with Crippen molar-refractivity contribution in [1.82, 2.24) is 20.3 Å². The Bertz CT molecular complexity index is 865. The summed E-state index contributed by atoms with van der Waals surface area (Å²) in [7, 11) is 0. The largest absolute Gasteiger partial charge is 0.355 e. The van der Waals surface area contributed by atoms with E-state index in [1.165, 1.54) is 5.56 Å². The molecule has 0 saturated carbocycles. The molecule has 6 nitrogen and oxygen atoms in total. The average molecular weight is 338 g/mol. The van der Waals surface area contributed by atoms with Gasteiger partial charge in [0.05, 0.1) is 5.69 Å². The maximum Gasteiger partial charge on any atom is 0.273 e. The number of nitrogens with one attached hydrogen (secondary N) is 1. The number of carbonyl (C=O) groups excluding carboxylic acids is 1. The number of carbonyl (C=O) groups is 1. The highest BCUT2D eigenvalue weighted by molar-refractivity contribution is 5.93. The Balaban J connectivity index is 1.60. The second-order valence-electron chi connectivity index (χ2n) is 5.91. The molecule has 0 radical (unpaired) electrons. The van der Waals surface area contributed by atoms with Crippen molar-refractivity contribution >= 4 is 5.91 Å². The molecule has 3 aromatic rings. The minimum Gasteiger partial charge on any atom is -0.355 e. The summed E-state index contributed by atoms with van der Waals surface area (Å²) in [5, 5.41) is 11.3. The molecule has 0 spiro atoms. The van der Waals surface area contributed by atoms with Gasteiger partial charge in [-0.3, -0.25) is 9.48 Å². The molecule has 25 heavy (non-hydrogen) atoms. The number of hydrogen-bond donors (Lipinski definition) is 1. The summed E-state index contributed by atoms with van der Waals surface area (Å²) in [6.07, 6.45) is 0.743. The van der Waals surface area contributed by atoms with Crippen LogP contribution in [0.4, 0.5) is 0 Å². The monoisotopic (exact) mass is 338 g/mol. The van der Waals surface area contributed by atoms with Crippen molar-refractivity contribution in [1.29, 1.82) is 0 Å². The molecule has 130 valence electrons. The highest BCUT2D eigenvalue weighted by Crippen LogP contribution is 2.19. The maximum atomic E-state index is 12.3. The molecule has 0 saturated heterocycles. The van der Waals surface area contributed by atoms with Crippen molar-refractivity contribution in [2.24, 2.45) is 0 Å². The van der Waals surface area contributed by atoms with Gasteiger partial charge < -0.3 is 9.84 Å². The molecule has 1 aromatic carbocycles. The number of amides is 1. The summed E-state index contributed by atoms with van der Waals surface area (Å²) in [5.74, 6) is 0.353. The van der Waals surface area contributed by atoms with Crippen LogP contribution in [-0.2, 0) is 13.0 Å². The van der Waals surface area contributed by atoms with Crippen molar-refractivity contribution in [3.63, 3.8) is 0 Å². The van der Waals surface area contributed by atoms with Crippen LogP contribution in [0, 0.1) is 13.8 Å². The number of benzene rings is 1. The highest BCUT2D eigenvalue weighted by Gasteiger charge is 2.14. The molecule has 0 unspecified atom stereocenters. The molecule has 0 fully saturated rings. The van der Waals surface area contributed by atoms with E-state index in [9.17, 15) is 4.79 Å². The summed E-state index contributed by atoms with van der Waals surface area (Å²) < 4.78 is 7.25. The van der Waals surface area contributed by atoms with Crippen LogP contribution in [0.15, 0.2) is 40.9 Å². The van der Waals surface area contributed by atoms with Crippen LogP contribution in [-0.4, -0.2) is 27.4 Å². The van der Waals surface area contributed by atoms with Gasteiger partial charge in [0.15, 0.2) is 11.5 Å². The SMILES string of the molecule is CCn1nc(C)c(CCNC(=O)c2cc(-c3ccccc3)on2)c1C. The Morgan fingerprint density at radius 3 is 2.68 bits per heavy atom. The quantitative estimate of drug-likeness (QED) is 0.749. The lowest BCUT2D eigenvalue weighted by Crippen LogP contribution is -2.26. The van der Waals surface area contributed by atoms with E-state index in [0.29, 0.717) is 12.3 Å². The first kappa shape index (κ1) is 17.0. The third-order valence-corrected chi connectivity index (χ3v) is 4.29. The second-order valence-corrected chi connectivity index (χ2v) is 5.91. The predicted molar refractivity (Wildman–Crippen MR) is 95.4 cm³/mol. The molecule has 0 atom stereocenters. The number of rotatable bonds is 6. The van der Waals surface area contributed by atoms with Crippen LogP contribution in [0.2, 0.25) is 0 Å². The van der Waals surface area contributed by atoms with Gasteiger partial charge in [-0.05, 0) is 32.8 Å². The molecule has 1 N–H and O–H groups in total. The molecule has 0 aliphatic rings. The summed E-state index contributed by atoms with van der Waals surface area (Å²) in [6, 6.07) is 11.3. The standard InChI is InChI=1S/C19H22N4O2/c1-4-23-14(3)16(13(2)21-23)10-11-20-19(24)17-12-18(25-22-17)15-8-6-5-7-9-15/h5-9,12H,4,10-11H2,1-3H3,(H,20,24). The second kappa shape index (κ2) is 7.34. The molecule has 0 bridgehead atoms. The van der Waals surface area contributed by atoms with E-state index >= 15 is 0 Å². The number of aromatic nitrogens is 3.